The van der Waals surface area contributed by atoms with Crippen molar-refractivity contribution in [2.24, 2.45) is 0 Å². The van der Waals surface area contributed by atoms with Crippen molar-refractivity contribution >= 4 is 28.9 Å². The Morgan fingerprint density at radius 1 is 0.968 bits per heavy atom. The maximum atomic E-state index is 12.9. The maximum Gasteiger partial charge on any atom is 0.341 e. The molecule has 1 aliphatic heterocycles. The third-order valence-electron chi connectivity index (χ3n) is 5.54. The molecule has 1 atom stereocenters. The van der Waals surface area contributed by atoms with Gasteiger partial charge >= 0.3 is 5.97 Å². The van der Waals surface area contributed by atoms with E-state index in [2.05, 4.69) is 4.98 Å². The second-order valence-corrected chi connectivity index (χ2v) is 8.22. The van der Waals surface area contributed by atoms with Crippen LogP contribution >= 0.6 is 11.6 Å². The molecule has 0 radical (unpaired) electrons. The molecule has 6 nitrogen and oxygen atoms in total. The average Bonchev–Trinajstić information content (AvgIpc) is 3.06. The minimum Gasteiger partial charge on any atom is -0.496 e. The van der Waals surface area contributed by atoms with Gasteiger partial charge in [0, 0.05) is 63.0 Å². The zero-order valence-electron chi connectivity index (χ0n) is 18.1. The molecule has 0 saturated heterocycles. The molecule has 1 aliphatic rings. The molecule has 0 amide bonds. The largest absolute Gasteiger partial charge is 0.496 e. The fraction of sp³-hybridized carbons (Fsp3) is 0.250. The number of nitrogens with zero attached hydrogens (tertiary/aromatic N) is 3. The summed E-state index contributed by atoms with van der Waals surface area (Å²) in [6, 6.07) is 14.9. The highest BCUT2D eigenvalue weighted by molar-refractivity contribution is 6.32. The lowest BCUT2D eigenvalue weighted by atomic mass is 9.82. The van der Waals surface area contributed by atoms with E-state index in [1.54, 1.807) is 25.4 Å². The first-order valence-electron chi connectivity index (χ1n) is 9.81. The molecule has 7 heteroatoms. The predicted molar refractivity (Wildman–Crippen MR) is 123 cm³/mol. The Morgan fingerprint density at radius 2 is 1.61 bits per heavy atom. The van der Waals surface area contributed by atoms with E-state index in [1.165, 1.54) is 0 Å². The van der Waals surface area contributed by atoms with E-state index in [0.29, 0.717) is 33.2 Å². The molecule has 1 aromatic heterocycles. The quantitative estimate of drug-likeness (QED) is 0.553. The molecule has 3 aromatic rings. The van der Waals surface area contributed by atoms with Crippen molar-refractivity contribution in [1.29, 1.82) is 0 Å². The molecule has 2 heterocycles. The average molecular weight is 438 g/mol. The van der Waals surface area contributed by atoms with Gasteiger partial charge in [-0.3, -0.25) is 4.98 Å². The summed E-state index contributed by atoms with van der Waals surface area (Å²) in [5, 5.41) is 0.469. The van der Waals surface area contributed by atoms with Crippen LogP contribution in [-0.2, 0) is 10.3 Å². The number of esters is 1. The highest BCUT2D eigenvalue weighted by atomic mass is 35.5. The number of rotatable bonds is 5. The van der Waals surface area contributed by atoms with Crippen molar-refractivity contribution in [3.63, 3.8) is 0 Å². The number of hydrogen-bond acceptors (Lipinski definition) is 6. The number of pyridine rings is 1. The van der Waals surface area contributed by atoms with Crippen molar-refractivity contribution in [2.45, 2.75) is 5.60 Å². The van der Waals surface area contributed by atoms with Crippen LogP contribution in [0.25, 0.3) is 0 Å². The summed E-state index contributed by atoms with van der Waals surface area (Å²) in [5.74, 6) is 0.125. The van der Waals surface area contributed by atoms with E-state index in [0.717, 1.165) is 11.4 Å². The topological polar surface area (TPSA) is 54.9 Å². The van der Waals surface area contributed by atoms with Gasteiger partial charge in [-0.1, -0.05) is 17.7 Å². The lowest BCUT2D eigenvalue weighted by molar-refractivity contribution is 0.0237. The molecule has 0 saturated carbocycles. The van der Waals surface area contributed by atoms with Gasteiger partial charge in [0.05, 0.1) is 17.7 Å². The molecular weight excluding hydrogens is 414 g/mol. The normalized spacial score (nSPS) is 17.2. The highest BCUT2D eigenvalue weighted by Gasteiger charge is 2.52. The first-order chi connectivity index (χ1) is 14.8. The zero-order chi connectivity index (χ0) is 22.3. The zero-order valence-corrected chi connectivity index (χ0v) is 18.9. The van der Waals surface area contributed by atoms with E-state index >= 15 is 0 Å². The summed E-state index contributed by atoms with van der Waals surface area (Å²) in [5.41, 5.74) is 2.75. The minimum absolute atomic E-state index is 0.411. The lowest BCUT2D eigenvalue weighted by Crippen LogP contribution is -2.31. The van der Waals surface area contributed by atoms with Crippen molar-refractivity contribution in [1.82, 2.24) is 4.98 Å². The number of carbonyl (C=O) groups excluding carboxylic acids is 1. The number of aromatic nitrogens is 1. The summed E-state index contributed by atoms with van der Waals surface area (Å²) in [7, 11) is 9.38. The van der Waals surface area contributed by atoms with Gasteiger partial charge < -0.3 is 19.3 Å². The van der Waals surface area contributed by atoms with Crippen LogP contribution in [0.2, 0.25) is 5.02 Å². The number of fused-ring (bicyclic) bond motifs is 1. The number of benzene rings is 2. The lowest BCUT2D eigenvalue weighted by Gasteiger charge is -2.32. The van der Waals surface area contributed by atoms with E-state index in [4.69, 9.17) is 21.1 Å². The Labute approximate surface area is 187 Å². The van der Waals surface area contributed by atoms with Crippen LogP contribution < -0.4 is 14.5 Å². The highest BCUT2D eigenvalue weighted by Crippen LogP contribution is 2.51. The Kier molecular flexibility index (Phi) is 5.27. The van der Waals surface area contributed by atoms with E-state index in [1.807, 2.05) is 74.4 Å². The molecule has 4 rings (SSSR count). The monoisotopic (exact) mass is 437 g/mol. The maximum absolute atomic E-state index is 12.9. The van der Waals surface area contributed by atoms with Crippen LogP contribution in [-0.4, -0.2) is 46.3 Å². The molecule has 2 aromatic carbocycles. The van der Waals surface area contributed by atoms with Gasteiger partial charge in [-0.05, 0) is 36.4 Å². The smallest absolute Gasteiger partial charge is 0.341 e. The number of carbonyl (C=O) groups is 1. The number of halogens is 1. The molecule has 0 fully saturated rings. The SMILES string of the molecule is COc1cc(N(C)C)ccc1C1(c2ccc(N(C)C)cc2Cl)OC(=O)c2cccnc21. The Morgan fingerprint density at radius 3 is 2.23 bits per heavy atom. The summed E-state index contributed by atoms with van der Waals surface area (Å²) >= 11 is 6.79. The summed E-state index contributed by atoms with van der Waals surface area (Å²) in [6.45, 7) is 0. The van der Waals surface area contributed by atoms with Crippen molar-refractivity contribution in [3.05, 3.63) is 82.1 Å². The third kappa shape index (κ3) is 3.27. The van der Waals surface area contributed by atoms with E-state index < -0.39 is 11.6 Å². The Bertz CT molecular complexity index is 1160. The number of ether oxygens (including phenoxy) is 2. The number of anilines is 2. The van der Waals surface area contributed by atoms with Crippen molar-refractivity contribution in [3.8, 4) is 5.75 Å². The van der Waals surface area contributed by atoms with Crippen LogP contribution in [0.5, 0.6) is 5.75 Å². The number of hydrogen-bond donors (Lipinski definition) is 0. The summed E-state index contributed by atoms with van der Waals surface area (Å²) in [4.78, 5) is 21.4. The fourth-order valence-corrected chi connectivity index (χ4v) is 4.23. The third-order valence-corrected chi connectivity index (χ3v) is 5.85. The first kappa shape index (κ1) is 21.0. The van der Waals surface area contributed by atoms with Crippen LogP contribution in [0.15, 0.2) is 54.7 Å². The van der Waals surface area contributed by atoms with Crippen LogP contribution in [0.3, 0.4) is 0 Å². The van der Waals surface area contributed by atoms with Crippen LogP contribution in [0.1, 0.15) is 27.2 Å². The summed E-state index contributed by atoms with van der Waals surface area (Å²) < 4.78 is 11.9. The fourth-order valence-electron chi connectivity index (χ4n) is 3.92. The van der Waals surface area contributed by atoms with Gasteiger partial charge in [0.1, 0.15) is 11.4 Å². The molecular formula is C24H24ClN3O3. The van der Waals surface area contributed by atoms with E-state index in [9.17, 15) is 4.79 Å². The van der Waals surface area contributed by atoms with Gasteiger partial charge in [0.25, 0.3) is 0 Å². The van der Waals surface area contributed by atoms with Gasteiger partial charge in [-0.25, -0.2) is 4.79 Å². The van der Waals surface area contributed by atoms with Crippen molar-refractivity contribution in [2.75, 3.05) is 45.1 Å². The molecule has 31 heavy (non-hydrogen) atoms. The summed E-state index contributed by atoms with van der Waals surface area (Å²) in [6.07, 6.45) is 1.65. The van der Waals surface area contributed by atoms with Crippen LogP contribution in [0, 0.1) is 0 Å². The molecule has 0 bridgehead atoms. The predicted octanol–water partition coefficient (Wildman–Crippen LogP) is 4.34. The number of methoxy groups -OCH3 is 1. The second-order valence-electron chi connectivity index (χ2n) is 7.81. The van der Waals surface area contributed by atoms with Crippen LogP contribution in [0.4, 0.5) is 11.4 Å². The molecule has 0 N–H and O–H groups in total. The second kappa shape index (κ2) is 7.78. The standard InChI is InChI=1S/C24H24ClN3O3/c1-27(2)15-8-10-18(20(25)13-15)24(22-17(23(29)31-24)7-6-12-26-22)19-11-9-16(28(3)4)14-21(19)30-5/h6-14H,1-5H3. The molecule has 1 unspecified atom stereocenters. The first-order valence-corrected chi connectivity index (χ1v) is 10.2. The van der Waals surface area contributed by atoms with Gasteiger partial charge in [0.2, 0.25) is 5.60 Å². The molecule has 160 valence electrons. The van der Waals surface area contributed by atoms with Gasteiger partial charge in [-0.15, -0.1) is 0 Å². The van der Waals surface area contributed by atoms with Crippen molar-refractivity contribution < 1.29 is 14.3 Å². The Hall–Kier alpha value is -3.25. The molecule has 0 aliphatic carbocycles. The van der Waals surface area contributed by atoms with Gasteiger partial charge in [-0.2, -0.15) is 0 Å². The Balaban J connectivity index is 2.06. The number of cyclic esters (lactones) is 1. The molecule has 0 spiro atoms. The van der Waals surface area contributed by atoms with E-state index in [-0.39, 0.29) is 0 Å². The minimum atomic E-state index is -1.33. The van der Waals surface area contributed by atoms with Gasteiger partial charge in [0.15, 0.2) is 0 Å².